The molecule has 0 fully saturated rings. The first kappa shape index (κ1) is 12.8. The molecule has 3 N–H and O–H groups in total. The van der Waals surface area contributed by atoms with Crippen LogP contribution in [0.15, 0.2) is 18.3 Å². The Labute approximate surface area is 96.8 Å². The number of nitrogens with one attached hydrogen (secondary N) is 1. The zero-order valence-electron chi connectivity index (χ0n) is 10.2. The van der Waals surface area contributed by atoms with Gasteiger partial charge < -0.3 is 15.6 Å². The van der Waals surface area contributed by atoms with Crippen LogP contribution >= 0.6 is 0 Å². The van der Waals surface area contributed by atoms with E-state index >= 15 is 0 Å². The minimum absolute atomic E-state index is 0.0405. The number of hydrogen-bond donors (Lipinski definition) is 2. The van der Waals surface area contributed by atoms with Gasteiger partial charge in [-0.2, -0.15) is 0 Å². The number of carbonyl (C=O) groups excluding carboxylic acids is 1. The number of nitrogens with two attached hydrogens (primary N) is 1. The number of nitrogens with zero attached hydrogens (tertiary/aromatic N) is 1. The summed E-state index contributed by atoms with van der Waals surface area (Å²) < 4.78 is 1.99. The Bertz CT molecular complexity index is 344. The van der Waals surface area contributed by atoms with Crippen LogP contribution in [0.3, 0.4) is 0 Å². The standard InChI is InChI=1S/C12H21N3O/c1-9(2)11(7-13)12(16)14-8-10-5-4-6-15(10)3/h4-6,9,11H,7-8,13H2,1-3H3,(H,14,16). The third kappa shape index (κ3) is 3.10. The van der Waals surface area contributed by atoms with E-state index in [0.29, 0.717) is 13.1 Å². The highest BCUT2D eigenvalue weighted by Gasteiger charge is 2.19. The van der Waals surface area contributed by atoms with E-state index in [1.54, 1.807) is 0 Å². The second-order valence-electron chi connectivity index (χ2n) is 4.41. The molecule has 1 atom stereocenters. The molecule has 1 unspecified atom stereocenters. The molecule has 0 saturated heterocycles. The van der Waals surface area contributed by atoms with Gasteiger partial charge in [0.2, 0.25) is 5.91 Å². The van der Waals surface area contributed by atoms with Crippen LogP contribution in [0.2, 0.25) is 0 Å². The van der Waals surface area contributed by atoms with Gasteiger partial charge in [-0.15, -0.1) is 0 Å². The van der Waals surface area contributed by atoms with Crippen molar-refractivity contribution in [3.63, 3.8) is 0 Å². The van der Waals surface area contributed by atoms with Crippen LogP contribution in [-0.2, 0) is 18.4 Å². The van der Waals surface area contributed by atoms with Crippen LogP contribution in [-0.4, -0.2) is 17.0 Å². The molecule has 1 amide bonds. The topological polar surface area (TPSA) is 60.1 Å². The summed E-state index contributed by atoms with van der Waals surface area (Å²) in [5.41, 5.74) is 6.68. The first-order valence-corrected chi connectivity index (χ1v) is 5.64. The second-order valence-corrected chi connectivity index (χ2v) is 4.41. The molecule has 16 heavy (non-hydrogen) atoms. The van der Waals surface area contributed by atoms with Gasteiger partial charge in [0.25, 0.3) is 0 Å². The Balaban J connectivity index is 2.49. The fraction of sp³-hybridized carbons (Fsp3) is 0.583. The van der Waals surface area contributed by atoms with Crippen molar-refractivity contribution < 1.29 is 4.79 Å². The Kier molecular flexibility index (Phi) is 4.55. The Morgan fingerprint density at radius 2 is 2.25 bits per heavy atom. The summed E-state index contributed by atoms with van der Waals surface area (Å²) in [6.07, 6.45) is 1.96. The Hall–Kier alpha value is -1.29. The summed E-state index contributed by atoms with van der Waals surface area (Å²) in [6.45, 7) is 4.99. The van der Waals surface area contributed by atoms with Crippen LogP contribution in [0.25, 0.3) is 0 Å². The molecule has 90 valence electrons. The molecule has 0 aliphatic heterocycles. The van der Waals surface area contributed by atoms with Gasteiger partial charge in [-0.1, -0.05) is 13.8 Å². The van der Waals surface area contributed by atoms with Gasteiger partial charge in [-0.05, 0) is 18.1 Å². The number of aromatic nitrogens is 1. The predicted octanol–water partition coefficient (Wildman–Crippen LogP) is 0.872. The van der Waals surface area contributed by atoms with Gasteiger partial charge in [0, 0.05) is 25.5 Å². The van der Waals surface area contributed by atoms with Crippen molar-refractivity contribution >= 4 is 5.91 Å². The van der Waals surface area contributed by atoms with Gasteiger partial charge >= 0.3 is 0 Å². The number of carbonyl (C=O) groups is 1. The van der Waals surface area contributed by atoms with Gasteiger partial charge in [-0.3, -0.25) is 4.79 Å². The molecule has 4 heteroatoms. The molecule has 0 saturated carbocycles. The number of rotatable bonds is 5. The average Bonchev–Trinajstić information content (AvgIpc) is 2.61. The van der Waals surface area contributed by atoms with Gasteiger partial charge in [0.05, 0.1) is 12.5 Å². The smallest absolute Gasteiger partial charge is 0.224 e. The lowest BCUT2D eigenvalue weighted by Crippen LogP contribution is -2.37. The minimum Gasteiger partial charge on any atom is -0.353 e. The quantitative estimate of drug-likeness (QED) is 0.778. The van der Waals surface area contributed by atoms with E-state index in [4.69, 9.17) is 5.73 Å². The SMILES string of the molecule is CC(C)C(CN)C(=O)NCc1cccn1C. The van der Waals surface area contributed by atoms with Crippen LogP contribution < -0.4 is 11.1 Å². The van der Waals surface area contributed by atoms with Crippen molar-refractivity contribution in [2.45, 2.75) is 20.4 Å². The molecule has 0 radical (unpaired) electrons. The van der Waals surface area contributed by atoms with Crippen LogP contribution in [0.1, 0.15) is 19.5 Å². The maximum absolute atomic E-state index is 11.8. The molecule has 1 aromatic rings. The summed E-state index contributed by atoms with van der Waals surface area (Å²) in [5, 5.41) is 2.92. The fourth-order valence-electron chi connectivity index (χ4n) is 1.67. The first-order chi connectivity index (χ1) is 7.56. The Morgan fingerprint density at radius 1 is 1.56 bits per heavy atom. The number of amides is 1. The molecule has 4 nitrogen and oxygen atoms in total. The first-order valence-electron chi connectivity index (χ1n) is 5.64. The molecule has 0 aliphatic carbocycles. The summed E-state index contributed by atoms with van der Waals surface area (Å²) in [7, 11) is 1.96. The van der Waals surface area contributed by atoms with E-state index < -0.39 is 0 Å². The van der Waals surface area contributed by atoms with E-state index in [0.717, 1.165) is 5.69 Å². The zero-order valence-corrected chi connectivity index (χ0v) is 10.2. The largest absolute Gasteiger partial charge is 0.353 e. The van der Waals surface area contributed by atoms with Crippen molar-refractivity contribution in [1.29, 1.82) is 0 Å². The van der Waals surface area contributed by atoms with E-state index in [2.05, 4.69) is 5.32 Å². The van der Waals surface area contributed by atoms with Crippen LogP contribution in [0, 0.1) is 11.8 Å². The van der Waals surface area contributed by atoms with Crippen molar-refractivity contribution in [3.05, 3.63) is 24.0 Å². The highest BCUT2D eigenvalue weighted by atomic mass is 16.1. The summed E-state index contributed by atoms with van der Waals surface area (Å²) in [5.74, 6) is 0.220. The van der Waals surface area contributed by atoms with Crippen molar-refractivity contribution in [2.24, 2.45) is 24.6 Å². The van der Waals surface area contributed by atoms with Crippen LogP contribution in [0.5, 0.6) is 0 Å². The van der Waals surface area contributed by atoms with Crippen molar-refractivity contribution in [2.75, 3.05) is 6.54 Å². The third-order valence-corrected chi connectivity index (χ3v) is 2.89. The lowest BCUT2D eigenvalue weighted by Gasteiger charge is -2.18. The second kappa shape index (κ2) is 5.70. The average molecular weight is 223 g/mol. The molecule has 0 bridgehead atoms. The highest BCUT2D eigenvalue weighted by Crippen LogP contribution is 2.09. The van der Waals surface area contributed by atoms with Crippen molar-refractivity contribution in [1.82, 2.24) is 9.88 Å². The fourth-order valence-corrected chi connectivity index (χ4v) is 1.67. The van der Waals surface area contributed by atoms with E-state index in [-0.39, 0.29) is 17.7 Å². The highest BCUT2D eigenvalue weighted by molar-refractivity contribution is 5.79. The molecule has 1 rings (SSSR count). The normalized spacial score (nSPS) is 12.8. The van der Waals surface area contributed by atoms with E-state index in [1.165, 1.54) is 0 Å². The summed E-state index contributed by atoms with van der Waals surface area (Å²) in [6, 6.07) is 3.96. The molecule has 1 heterocycles. The summed E-state index contributed by atoms with van der Waals surface area (Å²) >= 11 is 0. The van der Waals surface area contributed by atoms with Gasteiger partial charge in [0.1, 0.15) is 0 Å². The number of aryl methyl sites for hydroxylation is 1. The Morgan fingerprint density at radius 3 is 2.69 bits per heavy atom. The maximum Gasteiger partial charge on any atom is 0.224 e. The molecular formula is C12H21N3O. The molecule has 0 aliphatic rings. The van der Waals surface area contributed by atoms with E-state index in [1.807, 2.05) is 43.8 Å². The monoisotopic (exact) mass is 223 g/mol. The lowest BCUT2D eigenvalue weighted by atomic mass is 9.95. The molecule has 0 spiro atoms. The maximum atomic E-state index is 11.8. The summed E-state index contributed by atoms with van der Waals surface area (Å²) in [4.78, 5) is 11.8. The minimum atomic E-state index is -0.0970. The van der Waals surface area contributed by atoms with Gasteiger partial charge in [-0.25, -0.2) is 0 Å². The number of hydrogen-bond acceptors (Lipinski definition) is 2. The molecule has 0 aromatic carbocycles. The lowest BCUT2D eigenvalue weighted by molar-refractivity contribution is -0.126. The van der Waals surface area contributed by atoms with Gasteiger partial charge in [0.15, 0.2) is 0 Å². The molecule has 1 aromatic heterocycles. The third-order valence-electron chi connectivity index (χ3n) is 2.89. The van der Waals surface area contributed by atoms with Crippen LogP contribution in [0.4, 0.5) is 0 Å². The zero-order chi connectivity index (χ0) is 12.1. The molecular weight excluding hydrogens is 202 g/mol. The predicted molar refractivity (Wildman–Crippen MR) is 64.6 cm³/mol. The van der Waals surface area contributed by atoms with Crippen molar-refractivity contribution in [3.8, 4) is 0 Å². The van der Waals surface area contributed by atoms with E-state index in [9.17, 15) is 4.79 Å².